The van der Waals surface area contributed by atoms with E-state index in [1.54, 1.807) is 6.20 Å². The van der Waals surface area contributed by atoms with Gasteiger partial charge in [-0.05, 0) is 32.0 Å². The summed E-state index contributed by atoms with van der Waals surface area (Å²) in [5.74, 6) is 0. The molecular formula is C13H16N2O. The van der Waals surface area contributed by atoms with Gasteiger partial charge in [-0.1, -0.05) is 24.3 Å². The monoisotopic (exact) mass is 216 g/mol. The Kier molecular flexibility index (Phi) is 4.07. The van der Waals surface area contributed by atoms with Gasteiger partial charge in [0.2, 0.25) is 0 Å². The van der Waals surface area contributed by atoms with Crippen molar-refractivity contribution in [2.24, 2.45) is 5.41 Å². The van der Waals surface area contributed by atoms with E-state index in [0.717, 1.165) is 11.9 Å². The van der Waals surface area contributed by atoms with Crippen LogP contribution in [0.5, 0.6) is 0 Å². The number of hydrogen-bond donors (Lipinski definition) is 1. The third-order valence-corrected chi connectivity index (χ3v) is 2.90. The second-order valence-electron chi connectivity index (χ2n) is 3.83. The molecule has 0 saturated carbocycles. The van der Waals surface area contributed by atoms with Gasteiger partial charge in [-0.2, -0.15) is 5.26 Å². The highest BCUT2D eigenvalue weighted by Gasteiger charge is 2.41. The molecule has 3 nitrogen and oxygen atoms in total. The van der Waals surface area contributed by atoms with Crippen molar-refractivity contribution in [3.8, 4) is 6.07 Å². The number of nitrogens with one attached hydrogen (secondary N) is 1. The molecule has 0 aromatic rings. The molecule has 16 heavy (non-hydrogen) atoms. The quantitative estimate of drug-likeness (QED) is 0.578. The zero-order valence-corrected chi connectivity index (χ0v) is 9.60. The highest BCUT2D eigenvalue weighted by atomic mass is 16.1. The summed E-state index contributed by atoms with van der Waals surface area (Å²) in [6, 6.07) is 1.99. The number of nitrogens with zero attached hydrogens (tertiary/aromatic N) is 1. The van der Waals surface area contributed by atoms with E-state index in [0.29, 0.717) is 6.42 Å². The summed E-state index contributed by atoms with van der Waals surface area (Å²) in [7, 11) is 0. The number of carbonyl (C=O) groups is 1. The molecule has 0 aromatic carbocycles. The van der Waals surface area contributed by atoms with Crippen LogP contribution in [0.25, 0.3) is 0 Å². The fourth-order valence-electron chi connectivity index (χ4n) is 1.79. The van der Waals surface area contributed by atoms with Crippen LogP contribution in [0.2, 0.25) is 0 Å². The van der Waals surface area contributed by atoms with Crippen LogP contribution in [0.3, 0.4) is 0 Å². The molecule has 1 N–H and O–H groups in total. The van der Waals surface area contributed by atoms with Gasteiger partial charge in [0.25, 0.3) is 0 Å². The first kappa shape index (κ1) is 12.3. The Balaban J connectivity index is 3.05. The summed E-state index contributed by atoms with van der Waals surface area (Å²) in [6.45, 7) is 3.71. The van der Waals surface area contributed by atoms with Gasteiger partial charge >= 0.3 is 0 Å². The summed E-state index contributed by atoms with van der Waals surface area (Å²) < 4.78 is 0. The van der Waals surface area contributed by atoms with Crippen LogP contribution in [-0.2, 0) is 4.79 Å². The van der Waals surface area contributed by atoms with Crippen molar-refractivity contribution in [2.45, 2.75) is 26.3 Å². The molecule has 0 fully saturated rings. The lowest BCUT2D eigenvalue weighted by molar-refractivity contribution is -0.113. The maximum Gasteiger partial charge on any atom is 0.153 e. The lowest BCUT2D eigenvalue weighted by atomic mass is 9.76. The van der Waals surface area contributed by atoms with E-state index in [4.69, 9.17) is 0 Å². The Morgan fingerprint density at radius 2 is 2.44 bits per heavy atom. The molecule has 0 aliphatic carbocycles. The van der Waals surface area contributed by atoms with Gasteiger partial charge < -0.3 is 10.1 Å². The minimum atomic E-state index is -1.07. The van der Waals surface area contributed by atoms with E-state index >= 15 is 0 Å². The van der Waals surface area contributed by atoms with Crippen LogP contribution < -0.4 is 5.32 Å². The first-order valence-electron chi connectivity index (χ1n) is 5.30. The number of hydrogen-bond acceptors (Lipinski definition) is 3. The van der Waals surface area contributed by atoms with Crippen molar-refractivity contribution in [3.63, 3.8) is 0 Å². The highest BCUT2D eigenvalue weighted by Crippen LogP contribution is 2.32. The topological polar surface area (TPSA) is 52.9 Å². The minimum absolute atomic E-state index is 0.156. The van der Waals surface area contributed by atoms with Gasteiger partial charge in [-0.25, -0.2) is 0 Å². The average molecular weight is 216 g/mol. The molecule has 0 spiro atoms. The molecule has 2 unspecified atom stereocenters. The SMILES string of the molecule is C/C=C\C=C(/C)C(C#N)(C=O)C1CC=CN1. The minimum Gasteiger partial charge on any atom is -0.386 e. The Morgan fingerprint density at radius 1 is 1.69 bits per heavy atom. The third-order valence-electron chi connectivity index (χ3n) is 2.90. The van der Waals surface area contributed by atoms with E-state index in [9.17, 15) is 10.1 Å². The van der Waals surface area contributed by atoms with E-state index in [2.05, 4.69) is 11.4 Å². The van der Waals surface area contributed by atoms with Crippen LogP contribution in [0.1, 0.15) is 20.3 Å². The molecule has 0 radical (unpaired) electrons. The predicted molar refractivity (Wildman–Crippen MR) is 63.4 cm³/mol. The average Bonchev–Trinajstić information content (AvgIpc) is 2.83. The molecular weight excluding hydrogens is 200 g/mol. The summed E-state index contributed by atoms with van der Waals surface area (Å²) in [4.78, 5) is 11.3. The smallest absolute Gasteiger partial charge is 0.153 e. The second-order valence-corrected chi connectivity index (χ2v) is 3.83. The third kappa shape index (κ3) is 2.06. The molecule has 0 aromatic heterocycles. The highest BCUT2D eigenvalue weighted by molar-refractivity contribution is 5.71. The lowest BCUT2D eigenvalue weighted by Crippen LogP contribution is -2.42. The van der Waals surface area contributed by atoms with Gasteiger partial charge in [-0.3, -0.25) is 0 Å². The maximum absolute atomic E-state index is 11.3. The van der Waals surface area contributed by atoms with Crippen molar-refractivity contribution in [1.29, 1.82) is 5.26 Å². The van der Waals surface area contributed by atoms with Crippen LogP contribution in [0.4, 0.5) is 0 Å². The van der Waals surface area contributed by atoms with Crippen LogP contribution in [0.15, 0.2) is 36.1 Å². The molecule has 3 heteroatoms. The largest absolute Gasteiger partial charge is 0.386 e. The van der Waals surface area contributed by atoms with E-state index in [1.807, 2.05) is 38.2 Å². The summed E-state index contributed by atoms with van der Waals surface area (Å²) in [6.07, 6.45) is 10.7. The molecule has 1 rings (SSSR count). The van der Waals surface area contributed by atoms with Gasteiger partial charge in [0.15, 0.2) is 5.41 Å². The molecule has 2 atom stereocenters. The molecule has 1 heterocycles. The number of rotatable bonds is 4. The van der Waals surface area contributed by atoms with Crippen molar-refractivity contribution in [1.82, 2.24) is 5.32 Å². The molecule has 0 amide bonds. The zero-order chi connectivity index (χ0) is 12.0. The Bertz CT molecular complexity index is 379. The molecule has 84 valence electrons. The van der Waals surface area contributed by atoms with Crippen molar-refractivity contribution in [3.05, 3.63) is 36.1 Å². The normalized spacial score (nSPS) is 23.8. The first-order valence-corrected chi connectivity index (χ1v) is 5.30. The van der Waals surface area contributed by atoms with Crippen LogP contribution >= 0.6 is 0 Å². The molecule has 1 aliphatic heterocycles. The van der Waals surface area contributed by atoms with E-state index in [1.165, 1.54) is 0 Å². The molecule has 0 saturated heterocycles. The predicted octanol–water partition coefficient (Wildman–Crippen LogP) is 2.09. The standard InChI is InChI=1S/C13H16N2O/c1-3-4-6-11(2)13(9-14,10-16)12-7-5-8-15-12/h3-6,8,10,12,15H,7H2,1-2H3/b4-3-,11-6+. The fraction of sp³-hybridized carbons (Fsp3) is 0.385. The number of carbonyl (C=O) groups excluding carboxylic acids is 1. The van der Waals surface area contributed by atoms with Crippen molar-refractivity contribution < 1.29 is 4.79 Å². The van der Waals surface area contributed by atoms with E-state index < -0.39 is 5.41 Å². The van der Waals surface area contributed by atoms with Crippen molar-refractivity contribution in [2.75, 3.05) is 0 Å². The van der Waals surface area contributed by atoms with E-state index in [-0.39, 0.29) is 6.04 Å². The van der Waals surface area contributed by atoms with Crippen LogP contribution in [0, 0.1) is 16.7 Å². The Labute approximate surface area is 96.1 Å². The van der Waals surface area contributed by atoms with Crippen LogP contribution in [-0.4, -0.2) is 12.3 Å². The van der Waals surface area contributed by atoms with Gasteiger partial charge in [0, 0.05) is 0 Å². The van der Waals surface area contributed by atoms with Crippen molar-refractivity contribution >= 4 is 6.29 Å². The Hall–Kier alpha value is -1.82. The number of allylic oxidation sites excluding steroid dienone is 3. The summed E-state index contributed by atoms with van der Waals surface area (Å²) >= 11 is 0. The van der Waals surface area contributed by atoms with Gasteiger partial charge in [0.05, 0.1) is 12.1 Å². The van der Waals surface area contributed by atoms with Gasteiger partial charge in [0.1, 0.15) is 6.29 Å². The molecule has 1 aliphatic rings. The Morgan fingerprint density at radius 3 is 2.88 bits per heavy atom. The number of nitriles is 1. The second kappa shape index (κ2) is 5.32. The van der Waals surface area contributed by atoms with Gasteiger partial charge in [-0.15, -0.1) is 0 Å². The molecule has 0 bridgehead atoms. The lowest BCUT2D eigenvalue weighted by Gasteiger charge is -2.28. The summed E-state index contributed by atoms with van der Waals surface area (Å²) in [5.41, 5.74) is -0.299. The summed E-state index contributed by atoms with van der Waals surface area (Å²) in [5, 5.41) is 12.4. The fourth-order valence-corrected chi connectivity index (χ4v) is 1.79. The maximum atomic E-state index is 11.3. The number of aldehydes is 1. The first-order chi connectivity index (χ1) is 7.71. The zero-order valence-electron chi connectivity index (χ0n) is 9.60.